The molecule has 0 bridgehead atoms. The number of hydrogen-bond acceptors (Lipinski definition) is 4. The van der Waals surface area contributed by atoms with Gasteiger partial charge >= 0.3 is 0 Å². The fourth-order valence-corrected chi connectivity index (χ4v) is 4.68. The first-order chi connectivity index (χ1) is 10.5. The maximum atomic E-state index is 12.6. The minimum absolute atomic E-state index is 0.141. The molecule has 0 radical (unpaired) electrons. The van der Waals surface area contributed by atoms with E-state index in [1.165, 1.54) is 19.1 Å². The molecule has 0 amide bonds. The van der Waals surface area contributed by atoms with Crippen molar-refractivity contribution in [1.82, 2.24) is 4.72 Å². The highest BCUT2D eigenvalue weighted by molar-refractivity contribution is 7.89. The Labute approximate surface area is 134 Å². The quantitative estimate of drug-likeness (QED) is 0.823. The number of benzene rings is 1. The van der Waals surface area contributed by atoms with Crippen molar-refractivity contribution in [2.75, 3.05) is 0 Å². The van der Waals surface area contributed by atoms with Crippen LogP contribution in [0.15, 0.2) is 46.7 Å². The lowest BCUT2D eigenvalue weighted by molar-refractivity contribution is 0.101. The smallest absolute Gasteiger partial charge is 0.241 e. The van der Waals surface area contributed by atoms with Gasteiger partial charge in [0.1, 0.15) is 0 Å². The molecule has 1 N–H and O–H groups in total. The number of carbonyl (C=O) groups excluding carboxylic acids is 1. The van der Waals surface area contributed by atoms with Gasteiger partial charge in [0, 0.05) is 10.4 Å². The third-order valence-corrected chi connectivity index (χ3v) is 6.17. The number of carbonyl (C=O) groups is 1. The molecule has 1 unspecified atom stereocenters. The fourth-order valence-electron chi connectivity index (χ4n) is 2.40. The summed E-state index contributed by atoms with van der Waals surface area (Å²) in [7, 11) is -3.64. The van der Waals surface area contributed by atoms with Crippen LogP contribution in [0.3, 0.4) is 0 Å². The molecule has 1 aromatic heterocycles. The molecule has 116 valence electrons. The van der Waals surface area contributed by atoms with Crippen molar-refractivity contribution in [2.24, 2.45) is 5.92 Å². The minimum atomic E-state index is -3.64. The van der Waals surface area contributed by atoms with Gasteiger partial charge in [0.15, 0.2) is 5.78 Å². The summed E-state index contributed by atoms with van der Waals surface area (Å²) in [5.41, 5.74) is 0.405. The predicted octanol–water partition coefficient (Wildman–Crippen LogP) is 3.38. The molecule has 1 aromatic carbocycles. The maximum Gasteiger partial charge on any atom is 0.241 e. The first-order valence-corrected chi connectivity index (χ1v) is 9.50. The molecule has 0 spiro atoms. The number of rotatable bonds is 6. The Hall–Kier alpha value is -1.50. The summed E-state index contributed by atoms with van der Waals surface area (Å²) in [4.78, 5) is 12.6. The van der Waals surface area contributed by atoms with Crippen LogP contribution in [-0.2, 0) is 10.0 Å². The molecule has 2 aromatic rings. The van der Waals surface area contributed by atoms with Crippen molar-refractivity contribution in [1.29, 1.82) is 0 Å². The van der Waals surface area contributed by atoms with E-state index in [1.807, 2.05) is 17.5 Å². The van der Waals surface area contributed by atoms with E-state index in [0.29, 0.717) is 11.5 Å². The average Bonchev–Trinajstić information content (AvgIpc) is 3.19. The van der Waals surface area contributed by atoms with E-state index in [-0.39, 0.29) is 16.7 Å². The van der Waals surface area contributed by atoms with Gasteiger partial charge in [0.2, 0.25) is 10.0 Å². The SMILES string of the molecule is CC(=O)c1cccc(S(=O)(=O)NC(c2cccs2)C2CC2)c1. The molecule has 0 saturated heterocycles. The Kier molecular flexibility index (Phi) is 4.16. The van der Waals surface area contributed by atoms with Gasteiger partial charge in [-0.15, -0.1) is 11.3 Å². The Morgan fingerprint density at radius 1 is 1.27 bits per heavy atom. The third-order valence-electron chi connectivity index (χ3n) is 3.78. The van der Waals surface area contributed by atoms with Crippen molar-refractivity contribution < 1.29 is 13.2 Å². The standard InChI is InChI=1S/C16H17NO3S2/c1-11(18)13-4-2-5-14(10-13)22(19,20)17-16(12-7-8-12)15-6-3-9-21-15/h2-6,9-10,12,16-17H,7-8H2,1H3. The second-order valence-corrected chi connectivity index (χ2v) is 8.23. The minimum Gasteiger partial charge on any atom is -0.295 e. The van der Waals surface area contributed by atoms with Gasteiger partial charge in [-0.05, 0) is 49.3 Å². The largest absolute Gasteiger partial charge is 0.295 e. The third kappa shape index (κ3) is 3.29. The lowest BCUT2D eigenvalue weighted by Gasteiger charge is -2.17. The Morgan fingerprint density at radius 2 is 2.05 bits per heavy atom. The zero-order chi connectivity index (χ0) is 15.7. The molecule has 1 aliphatic rings. The van der Waals surface area contributed by atoms with E-state index in [0.717, 1.165) is 17.7 Å². The molecule has 1 heterocycles. The van der Waals surface area contributed by atoms with Gasteiger partial charge in [-0.2, -0.15) is 0 Å². The molecule has 4 nitrogen and oxygen atoms in total. The predicted molar refractivity (Wildman–Crippen MR) is 86.6 cm³/mol. The number of ketones is 1. The van der Waals surface area contributed by atoms with Crippen LogP contribution in [0.4, 0.5) is 0 Å². The highest BCUT2D eigenvalue weighted by Crippen LogP contribution is 2.43. The molecular formula is C16H17NO3S2. The monoisotopic (exact) mass is 335 g/mol. The summed E-state index contributed by atoms with van der Waals surface area (Å²) >= 11 is 1.56. The first-order valence-electron chi connectivity index (χ1n) is 7.14. The molecule has 22 heavy (non-hydrogen) atoms. The van der Waals surface area contributed by atoms with Crippen molar-refractivity contribution in [3.05, 3.63) is 52.2 Å². The summed E-state index contributed by atoms with van der Waals surface area (Å²) in [5, 5.41) is 1.95. The lowest BCUT2D eigenvalue weighted by Crippen LogP contribution is -2.29. The van der Waals surface area contributed by atoms with Crippen LogP contribution in [0, 0.1) is 5.92 Å². The van der Waals surface area contributed by atoms with Gasteiger partial charge in [-0.3, -0.25) is 4.79 Å². The van der Waals surface area contributed by atoms with Crippen LogP contribution < -0.4 is 4.72 Å². The number of thiophene rings is 1. The average molecular weight is 335 g/mol. The number of nitrogens with one attached hydrogen (secondary N) is 1. The molecule has 0 aliphatic heterocycles. The molecule has 1 fully saturated rings. The Morgan fingerprint density at radius 3 is 2.64 bits per heavy atom. The fraction of sp³-hybridized carbons (Fsp3) is 0.312. The zero-order valence-electron chi connectivity index (χ0n) is 12.2. The van der Waals surface area contributed by atoms with Crippen LogP contribution in [-0.4, -0.2) is 14.2 Å². The van der Waals surface area contributed by atoms with Gasteiger partial charge in [-0.1, -0.05) is 18.2 Å². The van der Waals surface area contributed by atoms with Crippen molar-refractivity contribution in [3.63, 3.8) is 0 Å². The van der Waals surface area contributed by atoms with E-state index in [2.05, 4.69) is 4.72 Å². The zero-order valence-corrected chi connectivity index (χ0v) is 13.8. The van der Waals surface area contributed by atoms with Gasteiger partial charge in [-0.25, -0.2) is 13.1 Å². The second kappa shape index (κ2) is 5.95. The van der Waals surface area contributed by atoms with Crippen LogP contribution in [0.1, 0.15) is 41.0 Å². The van der Waals surface area contributed by atoms with E-state index in [9.17, 15) is 13.2 Å². The van der Waals surface area contributed by atoms with Crippen LogP contribution in [0.25, 0.3) is 0 Å². The van der Waals surface area contributed by atoms with Crippen LogP contribution >= 0.6 is 11.3 Å². The number of sulfonamides is 1. The lowest BCUT2D eigenvalue weighted by atomic mass is 10.2. The molecule has 1 saturated carbocycles. The summed E-state index contributed by atoms with van der Waals surface area (Å²) in [5.74, 6) is 0.221. The van der Waals surface area contributed by atoms with Gasteiger partial charge in [0.25, 0.3) is 0 Å². The summed E-state index contributed by atoms with van der Waals surface area (Å²) < 4.78 is 28.1. The molecule has 3 rings (SSSR count). The van der Waals surface area contributed by atoms with Gasteiger partial charge < -0.3 is 0 Å². The number of hydrogen-bond donors (Lipinski definition) is 1. The molecular weight excluding hydrogens is 318 g/mol. The van der Waals surface area contributed by atoms with E-state index in [4.69, 9.17) is 0 Å². The van der Waals surface area contributed by atoms with Crippen molar-refractivity contribution >= 4 is 27.1 Å². The highest BCUT2D eigenvalue weighted by atomic mass is 32.2. The Balaban J connectivity index is 1.89. The highest BCUT2D eigenvalue weighted by Gasteiger charge is 2.36. The molecule has 6 heteroatoms. The summed E-state index contributed by atoms with van der Waals surface area (Å²) in [6.07, 6.45) is 2.08. The number of Topliss-reactive ketones (excluding diaryl/α,β-unsaturated/α-hetero) is 1. The summed E-state index contributed by atoms with van der Waals surface area (Å²) in [6, 6.07) is 9.89. The molecule has 1 aliphatic carbocycles. The van der Waals surface area contributed by atoms with E-state index >= 15 is 0 Å². The van der Waals surface area contributed by atoms with E-state index < -0.39 is 10.0 Å². The van der Waals surface area contributed by atoms with Crippen molar-refractivity contribution in [2.45, 2.75) is 30.7 Å². The van der Waals surface area contributed by atoms with E-state index in [1.54, 1.807) is 23.5 Å². The van der Waals surface area contributed by atoms with Crippen molar-refractivity contribution in [3.8, 4) is 0 Å². The Bertz CT molecular complexity index is 777. The van der Waals surface area contributed by atoms with Gasteiger partial charge in [0.05, 0.1) is 10.9 Å². The topological polar surface area (TPSA) is 63.2 Å². The normalized spacial score (nSPS) is 16.4. The molecule has 1 atom stereocenters. The summed E-state index contributed by atoms with van der Waals surface area (Å²) in [6.45, 7) is 1.43. The maximum absolute atomic E-state index is 12.6. The first kappa shape index (κ1) is 15.4. The van der Waals surface area contributed by atoms with Crippen LogP contribution in [0.5, 0.6) is 0 Å². The second-order valence-electron chi connectivity index (χ2n) is 5.54. The van der Waals surface area contributed by atoms with Crippen LogP contribution in [0.2, 0.25) is 0 Å².